The van der Waals surface area contributed by atoms with Crippen molar-refractivity contribution in [1.29, 1.82) is 0 Å². The smallest absolute Gasteiger partial charge is 0.416 e. The first kappa shape index (κ1) is 28.1. The highest BCUT2D eigenvalue weighted by atomic mass is 19.4. The first-order valence-corrected chi connectivity index (χ1v) is 11.9. The van der Waals surface area contributed by atoms with Gasteiger partial charge < -0.3 is 25.2 Å². The number of aliphatic hydroxyl groups excluding tert-OH is 2. The number of benzene rings is 1. The third-order valence-corrected chi connectivity index (χ3v) is 5.91. The van der Waals surface area contributed by atoms with Crippen LogP contribution < -0.4 is 5.32 Å². The standard InChI is InChI=1S/C26H31F3N4O4/c1-15(2)25-32-23(16-7-9-31-21(12-16)30-3)24(17-5-4-6-18(11-17)26(27,28)29)33(25)10-8-19(34)13-20(35)14-22(36)37/h4-7,9,11-12,15,19-20,34-35H,8,10,13-14H2,1-3H3,(H,30,31)(H,36,37). The maximum absolute atomic E-state index is 13.6. The molecular formula is C26H31F3N4O4. The van der Waals surface area contributed by atoms with Crippen LogP contribution in [0.15, 0.2) is 42.6 Å². The Hall–Kier alpha value is -3.44. The number of alkyl halides is 3. The summed E-state index contributed by atoms with van der Waals surface area (Å²) >= 11 is 0. The highest BCUT2D eigenvalue weighted by Gasteiger charge is 2.31. The van der Waals surface area contributed by atoms with E-state index in [-0.39, 0.29) is 25.3 Å². The summed E-state index contributed by atoms with van der Waals surface area (Å²) in [5, 5.41) is 32.2. The fraction of sp³-hybridized carbons (Fsp3) is 0.423. The Balaban J connectivity index is 2.12. The lowest BCUT2D eigenvalue weighted by Crippen LogP contribution is -2.22. The number of rotatable bonds is 11. The molecule has 0 spiro atoms. The number of aliphatic carboxylic acids is 1. The molecule has 2 atom stereocenters. The SMILES string of the molecule is CNc1cc(-c2nc(C(C)C)n(CCC(O)CC(O)CC(=O)O)c2-c2cccc(C(F)(F)F)c2)ccn1. The summed E-state index contributed by atoms with van der Waals surface area (Å²) in [5.41, 5.74) is 1.11. The quantitative estimate of drug-likeness (QED) is 0.287. The number of halogens is 3. The summed E-state index contributed by atoms with van der Waals surface area (Å²) < 4.78 is 42.5. The first-order chi connectivity index (χ1) is 17.4. The van der Waals surface area contributed by atoms with Crippen molar-refractivity contribution >= 4 is 11.8 Å². The number of nitrogens with one attached hydrogen (secondary N) is 1. The maximum atomic E-state index is 13.6. The first-order valence-electron chi connectivity index (χ1n) is 11.9. The molecule has 0 saturated carbocycles. The van der Waals surface area contributed by atoms with Crippen LogP contribution >= 0.6 is 0 Å². The number of hydrogen-bond donors (Lipinski definition) is 4. The number of nitrogens with zero attached hydrogens (tertiary/aromatic N) is 3. The van der Waals surface area contributed by atoms with Crippen molar-refractivity contribution < 1.29 is 33.3 Å². The Morgan fingerprint density at radius 2 is 1.84 bits per heavy atom. The highest BCUT2D eigenvalue weighted by Crippen LogP contribution is 2.38. The van der Waals surface area contributed by atoms with Gasteiger partial charge in [-0.1, -0.05) is 26.0 Å². The van der Waals surface area contributed by atoms with E-state index in [2.05, 4.69) is 10.3 Å². The summed E-state index contributed by atoms with van der Waals surface area (Å²) in [6.45, 7) is 4.02. The van der Waals surface area contributed by atoms with Gasteiger partial charge in [0.1, 0.15) is 11.6 Å². The topological polar surface area (TPSA) is 120 Å². The molecule has 11 heteroatoms. The third-order valence-electron chi connectivity index (χ3n) is 5.91. The van der Waals surface area contributed by atoms with Crippen LogP contribution in [0.3, 0.4) is 0 Å². The van der Waals surface area contributed by atoms with Crippen molar-refractivity contribution in [2.24, 2.45) is 0 Å². The van der Waals surface area contributed by atoms with Gasteiger partial charge >= 0.3 is 12.1 Å². The zero-order valence-electron chi connectivity index (χ0n) is 20.8. The molecule has 2 unspecified atom stereocenters. The van der Waals surface area contributed by atoms with E-state index in [9.17, 15) is 28.2 Å². The summed E-state index contributed by atoms with van der Waals surface area (Å²) in [6.07, 6.45) is -5.68. The second-order valence-electron chi connectivity index (χ2n) is 9.16. The summed E-state index contributed by atoms with van der Waals surface area (Å²) in [4.78, 5) is 19.9. The van der Waals surface area contributed by atoms with E-state index < -0.39 is 36.3 Å². The number of carboxylic acids is 1. The van der Waals surface area contributed by atoms with E-state index >= 15 is 0 Å². The number of imidazole rings is 1. The Labute approximate surface area is 212 Å². The van der Waals surface area contributed by atoms with Gasteiger partial charge in [0.05, 0.1) is 35.6 Å². The van der Waals surface area contributed by atoms with E-state index in [0.717, 1.165) is 12.1 Å². The number of pyridine rings is 1. The largest absolute Gasteiger partial charge is 0.481 e. The van der Waals surface area contributed by atoms with E-state index in [1.54, 1.807) is 36.0 Å². The molecule has 3 rings (SSSR count). The van der Waals surface area contributed by atoms with E-state index in [0.29, 0.717) is 34.2 Å². The lowest BCUT2D eigenvalue weighted by atomic mass is 10.0. The van der Waals surface area contributed by atoms with Crippen LogP contribution in [-0.2, 0) is 17.5 Å². The molecule has 1 aromatic carbocycles. The Kier molecular flexibility index (Phi) is 8.93. The minimum absolute atomic E-state index is 0.0985. The number of anilines is 1. The van der Waals surface area contributed by atoms with Crippen molar-refractivity contribution in [3.05, 3.63) is 54.0 Å². The number of carboxylic acid groups (broad SMARTS) is 1. The van der Waals surface area contributed by atoms with Crippen molar-refractivity contribution in [2.75, 3.05) is 12.4 Å². The molecule has 0 aliphatic carbocycles. The average Bonchev–Trinajstić information content (AvgIpc) is 3.21. The maximum Gasteiger partial charge on any atom is 0.416 e. The molecule has 200 valence electrons. The van der Waals surface area contributed by atoms with Crippen molar-refractivity contribution in [3.8, 4) is 22.5 Å². The molecule has 2 aromatic heterocycles. The van der Waals surface area contributed by atoms with Gasteiger partial charge in [-0.15, -0.1) is 0 Å². The van der Waals surface area contributed by atoms with Crippen molar-refractivity contribution in [1.82, 2.24) is 14.5 Å². The van der Waals surface area contributed by atoms with Crippen LogP contribution in [0.5, 0.6) is 0 Å². The molecule has 0 bridgehead atoms. The minimum atomic E-state index is -4.53. The lowest BCUT2D eigenvalue weighted by molar-refractivity contribution is -0.139. The number of carbonyl (C=O) groups is 1. The molecule has 0 amide bonds. The molecule has 8 nitrogen and oxygen atoms in total. The molecule has 4 N–H and O–H groups in total. The average molecular weight is 521 g/mol. The molecular weight excluding hydrogens is 489 g/mol. The van der Waals surface area contributed by atoms with Crippen LogP contribution in [0, 0.1) is 0 Å². The van der Waals surface area contributed by atoms with Gasteiger partial charge in [0, 0.05) is 36.8 Å². The van der Waals surface area contributed by atoms with Crippen molar-refractivity contribution in [3.63, 3.8) is 0 Å². The molecule has 0 aliphatic rings. The van der Waals surface area contributed by atoms with Gasteiger partial charge in [0.2, 0.25) is 0 Å². The minimum Gasteiger partial charge on any atom is -0.481 e. The van der Waals surface area contributed by atoms with Gasteiger partial charge in [0.15, 0.2) is 0 Å². The van der Waals surface area contributed by atoms with Crippen LogP contribution in [0.1, 0.15) is 50.4 Å². The highest BCUT2D eigenvalue weighted by molar-refractivity contribution is 5.80. The van der Waals surface area contributed by atoms with E-state index in [1.165, 1.54) is 6.07 Å². The number of hydrogen-bond acceptors (Lipinski definition) is 6. The van der Waals surface area contributed by atoms with Crippen LogP contribution in [-0.4, -0.2) is 55.1 Å². The van der Waals surface area contributed by atoms with E-state index in [4.69, 9.17) is 10.1 Å². The molecule has 2 heterocycles. The van der Waals surface area contributed by atoms with E-state index in [1.807, 2.05) is 13.8 Å². The molecule has 0 saturated heterocycles. The van der Waals surface area contributed by atoms with Crippen LogP contribution in [0.2, 0.25) is 0 Å². The fourth-order valence-electron chi connectivity index (χ4n) is 4.18. The Morgan fingerprint density at radius 1 is 1.11 bits per heavy atom. The zero-order chi connectivity index (χ0) is 27.3. The second-order valence-corrected chi connectivity index (χ2v) is 9.16. The summed E-state index contributed by atoms with van der Waals surface area (Å²) in [5.74, 6) is -0.0932. The predicted octanol–water partition coefficient (Wildman–Crippen LogP) is 4.77. The van der Waals surface area contributed by atoms with Gasteiger partial charge in [-0.3, -0.25) is 4.79 Å². The van der Waals surface area contributed by atoms with Gasteiger partial charge in [-0.2, -0.15) is 13.2 Å². The zero-order valence-corrected chi connectivity index (χ0v) is 20.8. The lowest BCUT2D eigenvalue weighted by Gasteiger charge is -2.19. The van der Waals surface area contributed by atoms with Crippen LogP contribution in [0.4, 0.5) is 19.0 Å². The van der Waals surface area contributed by atoms with Gasteiger partial charge in [-0.25, -0.2) is 9.97 Å². The summed E-state index contributed by atoms with van der Waals surface area (Å²) in [6, 6.07) is 8.50. The normalized spacial score (nSPS) is 13.5. The molecule has 0 fully saturated rings. The van der Waals surface area contributed by atoms with Gasteiger partial charge in [0.25, 0.3) is 0 Å². The van der Waals surface area contributed by atoms with Crippen molar-refractivity contribution in [2.45, 2.75) is 64.0 Å². The molecule has 3 aromatic rings. The van der Waals surface area contributed by atoms with Crippen LogP contribution in [0.25, 0.3) is 22.5 Å². The molecule has 0 radical (unpaired) electrons. The van der Waals surface area contributed by atoms with Gasteiger partial charge in [-0.05, 0) is 37.1 Å². The number of aliphatic hydroxyl groups is 2. The monoisotopic (exact) mass is 520 g/mol. The Morgan fingerprint density at radius 3 is 2.46 bits per heavy atom. The predicted molar refractivity (Wildman–Crippen MR) is 133 cm³/mol. The third kappa shape index (κ3) is 7.07. The molecule has 37 heavy (non-hydrogen) atoms. The molecule has 0 aliphatic heterocycles. The second kappa shape index (κ2) is 11.7. The Bertz CT molecular complexity index is 1230. The number of aromatic nitrogens is 3. The summed E-state index contributed by atoms with van der Waals surface area (Å²) in [7, 11) is 1.71. The fourth-order valence-corrected chi connectivity index (χ4v) is 4.18.